The average molecular weight is 360 g/mol. The Labute approximate surface area is 157 Å². The number of carbonyl (C=O) groups is 1. The predicted molar refractivity (Wildman–Crippen MR) is 108 cm³/mol. The van der Waals surface area contributed by atoms with Crippen molar-refractivity contribution in [3.8, 4) is 11.1 Å². The molecule has 0 aliphatic heterocycles. The normalized spacial score (nSPS) is 11.7. The van der Waals surface area contributed by atoms with Crippen LogP contribution in [0.15, 0.2) is 24.7 Å². The molecule has 6 nitrogen and oxygen atoms in total. The van der Waals surface area contributed by atoms with E-state index in [1.807, 2.05) is 27.1 Å². The van der Waals surface area contributed by atoms with Crippen LogP contribution in [0.1, 0.15) is 64.2 Å². The molecule has 26 heavy (non-hydrogen) atoms. The Bertz CT molecular complexity index is 693. The molecule has 0 spiro atoms. The van der Waals surface area contributed by atoms with E-state index in [1.54, 1.807) is 23.1 Å². The third kappa shape index (κ3) is 6.17. The first kappa shape index (κ1) is 21.7. The lowest BCUT2D eigenvalue weighted by Crippen LogP contribution is -2.36. The van der Waals surface area contributed by atoms with Crippen LogP contribution >= 0.6 is 0 Å². The van der Waals surface area contributed by atoms with Crippen LogP contribution in [0, 0.1) is 5.92 Å². The highest BCUT2D eigenvalue weighted by molar-refractivity contribution is 5.99. The lowest BCUT2D eigenvalue weighted by atomic mass is 9.99. The number of nitrogens with two attached hydrogens (primary N) is 1. The highest BCUT2D eigenvalue weighted by Gasteiger charge is 2.18. The molecule has 0 bridgehead atoms. The zero-order chi connectivity index (χ0) is 19.7. The van der Waals surface area contributed by atoms with Gasteiger partial charge in [-0.25, -0.2) is 4.98 Å². The van der Waals surface area contributed by atoms with E-state index in [0.717, 1.165) is 30.4 Å². The van der Waals surface area contributed by atoms with Crippen LogP contribution in [0.4, 0.5) is 5.82 Å². The monoisotopic (exact) mass is 359 g/mol. The molecule has 0 saturated heterocycles. The summed E-state index contributed by atoms with van der Waals surface area (Å²) in [5, 5.41) is 7.26. The molecule has 1 atom stereocenters. The summed E-state index contributed by atoms with van der Waals surface area (Å²) in [6.45, 7) is 10.4. The molecule has 1 amide bonds. The van der Waals surface area contributed by atoms with Gasteiger partial charge < -0.3 is 11.1 Å². The van der Waals surface area contributed by atoms with Gasteiger partial charge in [0.15, 0.2) is 0 Å². The Hall–Kier alpha value is -2.37. The first-order chi connectivity index (χ1) is 12.4. The van der Waals surface area contributed by atoms with Gasteiger partial charge in [0.2, 0.25) is 0 Å². The van der Waals surface area contributed by atoms with E-state index in [1.165, 1.54) is 0 Å². The maximum absolute atomic E-state index is 12.7. The third-order valence-electron chi connectivity index (χ3n) is 3.93. The molecule has 2 heterocycles. The summed E-state index contributed by atoms with van der Waals surface area (Å²) in [6, 6.07) is 1.94. The molecule has 3 N–H and O–H groups in total. The molecule has 0 radical (unpaired) electrons. The lowest BCUT2D eigenvalue weighted by Gasteiger charge is -2.20. The number of aromatic nitrogens is 3. The first-order valence-electron chi connectivity index (χ1n) is 9.46. The molecule has 0 fully saturated rings. The van der Waals surface area contributed by atoms with Crippen molar-refractivity contribution in [3.05, 3.63) is 30.2 Å². The standard InChI is InChI=1S/C18H27N5O.C2H6/c1-5-6-15(7-12(2)3)22-18(24)16-8-13(9-20-17(16)19)14-10-21-23(4)11-14;1-2/h8-12,15H,5-7H2,1-4H3,(H2,19,20)(H,22,24);1-2H3. The lowest BCUT2D eigenvalue weighted by molar-refractivity contribution is 0.0930. The minimum atomic E-state index is -0.162. The summed E-state index contributed by atoms with van der Waals surface area (Å²) < 4.78 is 1.71. The third-order valence-corrected chi connectivity index (χ3v) is 3.93. The molecule has 0 aliphatic rings. The van der Waals surface area contributed by atoms with E-state index in [9.17, 15) is 4.79 Å². The molecule has 2 aromatic heterocycles. The van der Waals surface area contributed by atoms with Gasteiger partial charge in [-0.1, -0.05) is 41.0 Å². The average Bonchev–Trinajstić information content (AvgIpc) is 3.03. The second-order valence-electron chi connectivity index (χ2n) is 6.65. The van der Waals surface area contributed by atoms with Crippen molar-refractivity contribution in [2.75, 3.05) is 5.73 Å². The molecular formula is C20H33N5O. The van der Waals surface area contributed by atoms with Crippen LogP contribution in [0.2, 0.25) is 0 Å². The fourth-order valence-electron chi connectivity index (χ4n) is 2.81. The number of nitrogens with zero attached hydrogens (tertiary/aromatic N) is 3. The van der Waals surface area contributed by atoms with Crippen LogP contribution in [-0.2, 0) is 7.05 Å². The Kier molecular flexibility index (Phi) is 8.82. The fraction of sp³-hybridized carbons (Fsp3) is 0.550. The highest BCUT2D eigenvalue weighted by atomic mass is 16.1. The summed E-state index contributed by atoms with van der Waals surface area (Å²) in [5.74, 6) is 0.615. The number of amides is 1. The van der Waals surface area contributed by atoms with Gasteiger partial charge in [0.25, 0.3) is 5.91 Å². The molecule has 0 saturated carbocycles. The number of aryl methyl sites for hydroxylation is 1. The Morgan fingerprint density at radius 2 is 1.96 bits per heavy atom. The summed E-state index contributed by atoms with van der Waals surface area (Å²) in [7, 11) is 1.85. The topological polar surface area (TPSA) is 85.8 Å². The smallest absolute Gasteiger partial charge is 0.255 e. The van der Waals surface area contributed by atoms with Gasteiger partial charge in [0, 0.05) is 36.6 Å². The van der Waals surface area contributed by atoms with Crippen LogP contribution in [0.5, 0.6) is 0 Å². The summed E-state index contributed by atoms with van der Waals surface area (Å²) in [4.78, 5) is 16.8. The van der Waals surface area contributed by atoms with Crippen molar-refractivity contribution < 1.29 is 4.79 Å². The molecule has 6 heteroatoms. The SMILES string of the molecule is CC.CCCC(CC(C)C)NC(=O)c1cc(-c2cnn(C)c2)cnc1N. The van der Waals surface area contributed by atoms with Crippen LogP contribution in [0.3, 0.4) is 0 Å². The predicted octanol–water partition coefficient (Wildman–Crippen LogP) is 4.04. The fourth-order valence-corrected chi connectivity index (χ4v) is 2.81. The number of hydrogen-bond donors (Lipinski definition) is 2. The van der Waals surface area contributed by atoms with E-state index in [2.05, 4.69) is 36.2 Å². The quantitative estimate of drug-likeness (QED) is 0.781. The summed E-state index contributed by atoms with van der Waals surface area (Å²) >= 11 is 0. The summed E-state index contributed by atoms with van der Waals surface area (Å²) in [6.07, 6.45) is 8.23. The van der Waals surface area contributed by atoms with Gasteiger partial charge in [0.1, 0.15) is 5.82 Å². The van der Waals surface area contributed by atoms with Gasteiger partial charge in [0.05, 0.1) is 11.8 Å². The summed E-state index contributed by atoms with van der Waals surface area (Å²) in [5.41, 5.74) is 8.09. The molecule has 1 unspecified atom stereocenters. The van der Waals surface area contributed by atoms with Crippen molar-refractivity contribution in [2.45, 2.75) is 59.9 Å². The number of nitrogen functional groups attached to an aromatic ring is 1. The van der Waals surface area contributed by atoms with E-state index >= 15 is 0 Å². The Balaban J connectivity index is 0.00000163. The van der Waals surface area contributed by atoms with E-state index < -0.39 is 0 Å². The highest BCUT2D eigenvalue weighted by Crippen LogP contribution is 2.22. The molecule has 0 aromatic carbocycles. The molecule has 2 aromatic rings. The van der Waals surface area contributed by atoms with Gasteiger partial charge >= 0.3 is 0 Å². The maximum Gasteiger partial charge on any atom is 0.255 e. The number of carbonyl (C=O) groups excluding carboxylic acids is 1. The second-order valence-corrected chi connectivity index (χ2v) is 6.65. The molecular weight excluding hydrogens is 326 g/mol. The van der Waals surface area contributed by atoms with Crippen molar-refractivity contribution in [1.82, 2.24) is 20.1 Å². The van der Waals surface area contributed by atoms with E-state index in [4.69, 9.17) is 5.73 Å². The Morgan fingerprint density at radius 1 is 1.27 bits per heavy atom. The first-order valence-corrected chi connectivity index (χ1v) is 9.46. The van der Waals surface area contributed by atoms with Gasteiger partial charge in [-0.05, 0) is 24.8 Å². The number of hydrogen-bond acceptors (Lipinski definition) is 4. The minimum absolute atomic E-state index is 0.156. The zero-order valence-corrected chi connectivity index (χ0v) is 16.9. The van der Waals surface area contributed by atoms with Crippen LogP contribution in [0.25, 0.3) is 11.1 Å². The second kappa shape index (κ2) is 10.6. The number of anilines is 1. The largest absolute Gasteiger partial charge is 0.383 e. The number of rotatable bonds is 7. The zero-order valence-electron chi connectivity index (χ0n) is 16.9. The minimum Gasteiger partial charge on any atom is -0.383 e. The van der Waals surface area contributed by atoms with Gasteiger partial charge in [-0.15, -0.1) is 0 Å². The van der Waals surface area contributed by atoms with Crippen molar-refractivity contribution >= 4 is 11.7 Å². The van der Waals surface area contributed by atoms with Crippen LogP contribution < -0.4 is 11.1 Å². The molecule has 2 rings (SSSR count). The van der Waals surface area contributed by atoms with Gasteiger partial charge in [-0.3, -0.25) is 9.48 Å². The van der Waals surface area contributed by atoms with Crippen LogP contribution in [-0.4, -0.2) is 26.7 Å². The van der Waals surface area contributed by atoms with Crippen molar-refractivity contribution in [1.29, 1.82) is 0 Å². The van der Waals surface area contributed by atoms with Crippen molar-refractivity contribution in [2.24, 2.45) is 13.0 Å². The molecule has 0 aliphatic carbocycles. The number of pyridine rings is 1. The Morgan fingerprint density at radius 3 is 2.50 bits per heavy atom. The maximum atomic E-state index is 12.7. The molecule has 144 valence electrons. The van der Waals surface area contributed by atoms with E-state index in [-0.39, 0.29) is 17.8 Å². The van der Waals surface area contributed by atoms with E-state index in [0.29, 0.717) is 11.5 Å². The van der Waals surface area contributed by atoms with Crippen molar-refractivity contribution in [3.63, 3.8) is 0 Å². The number of nitrogens with one attached hydrogen (secondary N) is 1. The van der Waals surface area contributed by atoms with Gasteiger partial charge in [-0.2, -0.15) is 5.10 Å².